The van der Waals surface area contributed by atoms with Gasteiger partial charge in [-0.25, -0.2) is 8.78 Å². The van der Waals surface area contributed by atoms with Crippen LogP contribution in [0.3, 0.4) is 0 Å². The SMILES string of the molecule is C[C@]1(C(=O)NCc2ccc(F)cc2)CCCN(C(=O)c2ccc(F)cc2)C1. The minimum Gasteiger partial charge on any atom is -0.351 e. The molecule has 3 rings (SSSR count). The van der Waals surface area contributed by atoms with Crippen molar-refractivity contribution in [3.63, 3.8) is 0 Å². The molecule has 142 valence electrons. The van der Waals surface area contributed by atoms with E-state index in [4.69, 9.17) is 0 Å². The van der Waals surface area contributed by atoms with E-state index < -0.39 is 11.2 Å². The van der Waals surface area contributed by atoms with Gasteiger partial charge in [0.1, 0.15) is 11.6 Å². The lowest BCUT2D eigenvalue weighted by atomic mass is 9.80. The Morgan fingerprint density at radius 1 is 1.04 bits per heavy atom. The zero-order valence-corrected chi connectivity index (χ0v) is 15.2. The van der Waals surface area contributed by atoms with Crippen LogP contribution in [-0.4, -0.2) is 29.8 Å². The molecule has 0 aliphatic carbocycles. The van der Waals surface area contributed by atoms with Gasteiger partial charge in [0.25, 0.3) is 5.91 Å². The lowest BCUT2D eigenvalue weighted by Crippen LogP contribution is -2.51. The third-order valence-electron chi connectivity index (χ3n) is 4.99. The Morgan fingerprint density at radius 2 is 1.63 bits per heavy atom. The molecular formula is C21H22F2N2O2. The van der Waals surface area contributed by atoms with Gasteiger partial charge < -0.3 is 10.2 Å². The van der Waals surface area contributed by atoms with Gasteiger partial charge >= 0.3 is 0 Å². The maximum Gasteiger partial charge on any atom is 0.253 e. The number of nitrogens with one attached hydrogen (secondary N) is 1. The standard InChI is InChI=1S/C21H22F2N2O2/c1-21(20(27)24-13-15-3-7-17(22)8-4-15)11-2-12-25(14-21)19(26)16-5-9-18(23)10-6-16/h3-10H,2,11-14H2,1H3,(H,24,27)/t21-/m0/s1. The number of benzene rings is 2. The van der Waals surface area contributed by atoms with Crippen molar-refractivity contribution in [3.05, 3.63) is 71.3 Å². The minimum absolute atomic E-state index is 0.136. The molecule has 1 aliphatic rings. The summed E-state index contributed by atoms with van der Waals surface area (Å²) in [6.45, 7) is 3.02. The molecule has 1 saturated heterocycles. The second kappa shape index (κ2) is 7.86. The zero-order valence-electron chi connectivity index (χ0n) is 15.2. The predicted molar refractivity (Wildman–Crippen MR) is 97.9 cm³/mol. The van der Waals surface area contributed by atoms with E-state index in [9.17, 15) is 18.4 Å². The highest BCUT2D eigenvalue weighted by atomic mass is 19.1. The number of amides is 2. The fourth-order valence-corrected chi connectivity index (χ4v) is 3.37. The van der Waals surface area contributed by atoms with Crippen LogP contribution in [-0.2, 0) is 11.3 Å². The summed E-state index contributed by atoms with van der Waals surface area (Å²) in [6, 6.07) is 11.4. The number of hydrogen-bond donors (Lipinski definition) is 1. The highest BCUT2D eigenvalue weighted by molar-refractivity contribution is 5.95. The number of piperidine rings is 1. The van der Waals surface area contributed by atoms with Crippen LogP contribution in [0.1, 0.15) is 35.7 Å². The van der Waals surface area contributed by atoms with Gasteiger partial charge in [0.15, 0.2) is 0 Å². The van der Waals surface area contributed by atoms with Gasteiger partial charge in [-0.3, -0.25) is 9.59 Å². The number of carbonyl (C=O) groups excluding carboxylic acids is 2. The summed E-state index contributed by atoms with van der Waals surface area (Å²) in [7, 11) is 0. The minimum atomic E-state index is -0.700. The van der Waals surface area contributed by atoms with Crippen LogP contribution >= 0.6 is 0 Å². The summed E-state index contributed by atoms with van der Waals surface area (Å²) in [6.07, 6.45) is 1.39. The van der Waals surface area contributed by atoms with Crippen LogP contribution < -0.4 is 5.32 Å². The lowest BCUT2D eigenvalue weighted by molar-refractivity contribution is -0.132. The second-order valence-electron chi connectivity index (χ2n) is 7.21. The Morgan fingerprint density at radius 3 is 2.26 bits per heavy atom. The molecule has 0 aromatic heterocycles. The maximum absolute atomic E-state index is 13.1. The zero-order chi connectivity index (χ0) is 19.4. The van der Waals surface area contributed by atoms with Crippen molar-refractivity contribution < 1.29 is 18.4 Å². The van der Waals surface area contributed by atoms with Gasteiger partial charge in [0, 0.05) is 25.2 Å². The summed E-state index contributed by atoms with van der Waals surface area (Å²) in [5.41, 5.74) is 0.518. The maximum atomic E-state index is 13.1. The molecule has 0 unspecified atom stereocenters. The first-order valence-electron chi connectivity index (χ1n) is 8.95. The van der Waals surface area contributed by atoms with Crippen LogP contribution in [0.2, 0.25) is 0 Å². The molecule has 0 bridgehead atoms. The normalized spacial score (nSPS) is 19.6. The number of hydrogen-bond acceptors (Lipinski definition) is 2. The van der Waals surface area contributed by atoms with E-state index in [2.05, 4.69) is 5.32 Å². The van der Waals surface area contributed by atoms with Crippen LogP contribution in [0.5, 0.6) is 0 Å². The van der Waals surface area contributed by atoms with Gasteiger partial charge in [0.2, 0.25) is 5.91 Å². The topological polar surface area (TPSA) is 49.4 Å². The van der Waals surface area contributed by atoms with Crippen molar-refractivity contribution in [2.75, 3.05) is 13.1 Å². The van der Waals surface area contributed by atoms with Crippen LogP contribution in [0.25, 0.3) is 0 Å². The number of likely N-dealkylation sites (tertiary alicyclic amines) is 1. The highest BCUT2D eigenvalue weighted by Gasteiger charge is 2.39. The van der Waals surface area contributed by atoms with Crippen molar-refractivity contribution in [3.8, 4) is 0 Å². The largest absolute Gasteiger partial charge is 0.351 e. The quantitative estimate of drug-likeness (QED) is 0.893. The molecule has 1 atom stereocenters. The molecule has 0 radical (unpaired) electrons. The average molecular weight is 372 g/mol. The first kappa shape index (κ1) is 19.0. The third-order valence-corrected chi connectivity index (χ3v) is 4.99. The molecule has 4 nitrogen and oxygen atoms in total. The molecule has 1 N–H and O–H groups in total. The van der Waals surface area contributed by atoms with Crippen molar-refractivity contribution in [2.45, 2.75) is 26.3 Å². The molecule has 1 fully saturated rings. The molecule has 1 heterocycles. The first-order chi connectivity index (χ1) is 12.9. The Balaban J connectivity index is 1.64. The van der Waals surface area contributed by atoms with E-state index in [0.29, 0.717) is 38.0 Å². The molecule has 0 spiro atoms. The van der Waals surface area contributed by atoms with Crippen LogP contribution in [0.15, 0.2) is 48.5 Å². The van der Waals surface area contributed by atoms with Crippen molar-refractivity contribution in [2.24, 2.45) is 5.41 Å². The van der Waals surface area contributed by atoms with Gasteiger partial charge in [-0.05, 0) is 61.7 Å². The number of nitrogens with zero attached hydrogens (tertiary/aromatic N) is 1. The summed E-state index contributed by atoms with van der Waals surface area (Å²) in [4.78, 5) is 27.1. The van der Waals surface area contributed by atoms with E-state index in [1.165, 1.54) is 36.4 Å². The molecular weight excluding hydrogens is 350 g/mol. The van der Waals surface area contributed by atoms with Crippen LogP contribution in [0.4, 0.5) is 8.78 Å². The molecule has 6 heteroatoms. The molecule has 2 aromatic carbocycles. The molecule has 27 heavy (non-hydrogen) atoms. The monoisotopic (exact) mass is 372 g/mol. The second-order valence-corrected chi connectivity index (χ2v) is 7.21. The third kappa shape index (κ3) is 4.51. The summed E-state index contributed by atoms with van der Waals surface area (Å²) in [5.74, 6) is -1.05. The van der Waals surface area contributed by atoms with E-state index in [0.717, 1.165) is 5.56 Å². The van der Waals surface area contributed by atoms with Crippen LogP contribution in [0, 0.1) is 17.0 Å². The molecule has 2 amide bonds. The van der Waals surface area contributed by atoms with Crippen molar-refractivity contribution in [1.82, 2.24) is 10.2 Å². The molecule has 2 aromatic rings. The summed E-state index contributed by atoms with van der Waals surface area (Å²) < 4.78 is 26.0. The number of rotatable bonds is 4. The Bertz CT molecular complexity index is 821. The van der Waals surface area contributed by atoms with Gasteiger partial charge in [0.05, 0.1) is 5.41 Å². The molecule has 1 aliphatic heterocycles. The lowest BCUT2D eigenvalue weighted by Gasteiger charge is -2.39. The molecule has 0 saturated carbocycles. The van der Waals surface area contributed by atoms with Gasteiger partial charge in [-0.2, -0.15) is 0 Å². The number of halogens is 2. The van der Waals surface area contributed by atoms with Crippen molar-refractivity contribution in [1.29, 1.82) is 0 Å². The van der Waals surface area contributed by atoms with E-state index in [1.807, 2.05) is 6.92 Å². The van der Waals surface area contributed by atoms with Gasteiger partial charge in [-0.1, -0.05) is 12.1 Å². The van der Waals surface area contributed by atoms with E-state index in [-0.39, 0.29) is 17.6 Å². The smallest absolute Gasteiger partial charge is 0.253 e. The Labute approximate surface area is 157 Å². The predicted octanol–water partition coefficient (Wildman–Crippen LogP) is 3.52. The van der Waals surface area contributed by atoms with Gasteiger partial charge in [-0.15, -0.1) is 0 Å². The first-order valence-corrected chi connectivity index (χ1v) is 8.95. The number of carbonyl (C=O) groups is 2. The van der Waals surface area contributed by atoms with Crippen molar-refractivity contribution >= 4 is 11.8 Å². The summed E-state index contributed by atoms with van der Waals surface area (Å²) in [5, 5.41) is 2.89. The summed E-state index contributed by atoms with van der Waals surface area (Å²) >= 11 is 0. The fraction of sp³-hybridized carbons (Fsp3) is 0.333. The Hall–Kier alpha value is -2.76. The van der Waals surface area contributed by atoms with E-state index >= 15 is 0 Å². The van der Waals surface area contributed by atoms with E-state index in [1.54, 1.807) is 17.0 Å². The fourth-order valence-electron chi connectivity index (χ4n) is 3.37. The highest BCUT2D eigenvalue weighted by Crippen LogP contribution is 2.30. The average Bonchev–Trinajstić information content (AvgIpc) is 2.67. The Kier molecular flexibility index (Phi) is 5.54.